The van der Waals surface area contributed by atoms with Crippen molar-refractivity contribution in [2.45, 2.75) is 52.4 Å². The van der Waals surface area contributed by atoms with E-state index in [1.54, 1.807) is 0 Å². The lowest BCUT2D eigenvalue weighted by Crippen LogP contribution is -1.98. The van der Waals surface area contributed by atoms with Crippen LogP contribution in [0.4, 0.5) is 0 Å². The molecule has 0 bridgehead atoms. The van der Waals surface area contributed by atoms with Crippen molar-refractivity contribution in [1.29, 1.82) is 0 Å². The van der Waals surface area contributed by atoms with Gasteiger partial charge in [-0.2, -0.15) is 0 Å². The summed E-state index contributed by atoms with van der Waals surface area (Å²) < 4.78 is 0. The quantitative estimate of drug-likeness (QED) is 0.639. The van der Waals surface area contributed by atoms with Crippen molar-refractivity contribution in [3.05, 3.63) is 29.6 Å². The van der Waals surface area contributed by atoms with Crippen LogP contribution < -0.4 is 0 Å². The summed E-state index contributed by atoms with van der Waals surface area (Å²) in [5.74, 6) is 0.612. The van der Waals surface area contributed by atoms with E-state index in [1.165, 1.54) is 31.4 Å². The van der Waals surface area contributed by atoms with Crippen molar-refractivity contribution >= 4 is 0 Å². The summed E-state index contributed by atoms with van der Waals surface area (Å²) in [5.41, 5.74) is 2.38. The standard InChI is InChI=1S/C13H21N/c1-4-5-6-8-11(2)13-10-7-9-12(3)14-13/h7,9-11H,4-6,8H2,1-3H3. The summed E-state index contributed by atoms with van der Waals surface area (Å²) in [4.78, 5) is 4.55. The predicted octanol–water partition coefficient (Wildman–Crippen LogP) is 4.07. The molecular formula is C13H21N. The van der Waals surface area contributed by atoms with Crippen LogP contribution in [0, 0.1) is 6.92 Å². The molecule has 78 valence electrons. The molecule has 0 saturated carbocycles. The molecule has 0 saturated heterocycles. The van der Waals surface area contributed by atoms with Gasteiger partial charge in [0.1, 0.15) is 0 Å². The molecule has 1 rings (SSSR count). The Morgan fingerprint density at radius 2 is 2.07 bits per heavy atom. The zero-order valence-corrected chi connectivity index (χ0v) is 9.59. The van der Waals surface area contributed by atoms with Gasteiger partial charge in [-0.05, 0) is 31.4 Å². The maximum absolute atomic E-state index is 4.55. The van der Waals surface area contributed by atoms with Crippen LogP contribution in [0.2, 0.25) is 0 Å². The smallest absolute Gasteiger partial charge is 0.0434 e. The van der Waals surface area contributed by atoms with Crippen molar-refractivity contribution in [1.82, 2.24) is 4.98 Å². The highest BCUT2D eigenvalue weighted by Gasteiger charge is 2.05. The molecule has 1 heterocycles. The third-order valence-corrected chi connectivity index (χ3v) is 2.66. The molecule has 14 heavy (non-hydrogen) atoms. The fourth-order valence-corrected chi connectivity index (χ4v) is 1.69. The summed E-state index contributed by atoms with van der Waals surface area (Å²) >= 11 is 0. The Bertz CT molecular complexity index is 268. The summed E-state index contributed by atoms with van der Waals surface area (Å²) in [5, 5.41) is 0. The van der Waals surface area contributed by atoms with Gasteiger partial charge in [0.15, 0.2) is 0 Å². The largest absolute Gasteiger partial charge is 0.258 e. The van der Waals surface area contributed by atoms with Crippen LogP contribution in [0.25, 0.3) is 0 Å². The lowest BCUT2D eigenvalue weighted by molar-refractivity contribution is 0.587. The Hall–Kier alpha value is -0.850. The topological polar surface area (TPSA) is 12.9 Å². The molecule has 1 aromatic rings. The fraction of sp³-hybridized carbons (Fsp3) is 0.615. The minimum absolute atomic E-state index is 0.612. The van der Waals surface area contributed by atoms with E-state index in [0.717, 1.165) is 5.69 Å². The van der Waals surface area contributed by atoms with Crippen LogP contribution in [0.3, 0.4) is 0 Å². The van der Waals surface area contributed by atoms with E-state index in [0.29, 0.717) is 5.92 Å². The lowest BCUT2D eigenvalue weighted by Gasteiger charge is -2.10. The Kier molecular flexibility index (Phi) is 4.64. The van der Waals surface area contributed by atoms with Gasteiger partial charge >= 0.3 is 0 Å². The highest BCUT2D eigenvalue weighted by molar-refractivity contribution is 5.13. The molecule has 1 aromatic heterocycles. The predicted molar refractivity (Wildman–Crippen MR) is 61.5 cm³/mol. The van der Waals surface area contributed by atoms with E-state index in [2.05, 4.69) is 44.0 Å². The molecule has 0 radical (unpaired) electrons. The molecule has 0 aliphatic rings. The van der Waals surface area contributed by atoms with Crippen LogP contribution in [0.5, 0.6) is 0 Å². The van der Waals surface area contributed by atoms with Crippen molar-refractivity contribution in [2.24, 2.45) is 0 Å². The molecule has 0 fully saturated rings. The summed E-state index contributed by atoms with van der Waals surface area (Å²) in [6.45, 7) is 6.58. The maximum Gasteiger partial charge on any atom is 0.0434 e. The van der Waals surface area contributed by atoms with Gasteiger partial charge in [-0.25, -0.2) is 0 Å². The van der Waals surface area contributed by atoms with Gasteiger partial charge in [-0.1, -0.05) is 39.2 Å². The summed E-state index contributed by atoms with van der Waals surface area (Å²) in [6, 6.07) is 6.31. The van der Waals surface area contributed by atoms with Crippen LogP contribution in [0.1, 0.15) is 56.8 Å². The van der Waals surface area contributed by atoms with E-state index in [1.807, 2.05) is 0 Å². The Morgan fingerprint density at radius 3 is 2.71 bits per heavy atom. The molecule has 0 N–H and O–H groups in total. The fourth-order valence-electron chi connectivity index (χ4n) is 1.69. The number of aromatic nitrogens is 1. The summed E-state index contributed by atoms with van der Waals surface area (Å²) in [7, 11) is 0. The van der Waals surface area contributed by atoms with Crippen LogP contribution in [0.15, 0.2) is 18.2 Å². The van der Waals surface area contributed by atoms with Gasteiger partial charge < -0.3 is 0 Å². The maximum atomic E-state index is 4.55. The van der Waals surface area contributed by atoms with E-state index in [-0.39, 0.29) is 0 Å². The van der Waals surface area contributed by atoms with Gasteiger partial charge in [0, 0.05) is 11.4 Å². The van der Waals surface area contributed by atoms with Gasteiger partial charge in [0.05, 0.1) is 0 Å². The minimum atomic E-state index is 0.612. The van der Waals surface area contributed by atoms with Gasteiger partial charge in [-0.15, -0.1) is 0 Å². The number of hydrogen-bond acceptors (Lipinski definition) is 1. The molecule has 0 aromatic carbocycles. The first kappa shape index (κ1) is 11.2. The lowest BCUT2D eigenvalue weighted by atomic mass is 9.99. The molecule has 1 nitrogen and oxygen atoms in total. The Balaban J connectivity index is 2.47. The third-order valence-electron chi connectivity index (χ3n) is 2.66. The molecule has 0 amide bonds. The molecule has 1 unspecified atom stereocenters. The zero-order chi connectivity index (χ0) is 10.4. The van der Waals surface area contributed by atoms with Crippen molar-refractivity contribution in [2.75, 3.05) is 0 Å². The van der Waals surface area contributed by atoms with E-state index in [9.17, 15) is 0 Å². The second kappa shape index (κ2) is 5.79. The first-order valence-electron chi connectivity index (χ1n) is 5.67. The second-order valence-corrected chi connectivity index (χ2v) is 4.10. The zero-order valence-electron chi connectivity index (χ0n) is 9.59. The number of nitrogens with zero attached hydrogens (tertiary/aromatic N) is 1. The van der Waals surface area contributed by atoms with Gasteiger partial charge in [0.25, 0.3) is 0 Å². The number of aryl methyl sites for hydroxylation is 1. The third kappa shape index (κ3) is 3.49. The first-order valence-corrected chi connectivity index (χ1v) is 5.67. The Labute approximate surface area is 87.6 Å². The van der Waals surface area contributed by atoms with Crippen LogP contribution >= 0.6 is 0 Å². The second-order valence-electron chi connectivity index (χ2n) is 4.10. The monoisotopic (exact) mass is 191 g/mol. The molecule has 0 spiro atoms. The Morgan fingerprint density at radius 1 is 1.29 bits per heavy atom. The number of pyridine rings is 1. The average Bonchev–Trinajstić information content (AvgIpc) is 2.18. The minimum Gasteiger partial charge on any atom is -0.258 e. The van der Waals surface area contributed by atoms with Crippen LogP contribution in [-0.4, -0.2) is 4.98 Å². The highest BCUT2D eigenvalue weighted by Crippen LogP contribution is 2.19. The van der Waals surface area contributed by atoms with Crippen LogP contribution in [-0.2, 0) is 0 Å². The van der Waals surface area contributed by atoms with E-state index >= 15 is 0 Å². The van der Waals surface area contributed by atoms with Crippen molar-refractivity contribution in [3.63, 3.8) is 0 Å². The summed E-state index contributed by atoms with van der Waals surface area (Å²) in [6.07, 6.45) is 5.24. The first-order chi connectivity index (χ1) is 6.74. The van der Waals surface area contributed by atoms with Crippen molar-refractivity contribution in [3.8, 4) is 0 Å². The molecular weight excluding hydrogens is 170 g/mol. The van der Waals surface area contributed by atoms with Gasteiger partial charge in [0.2, 0.25) is 0 Å². The van der Waals surface area contributed by atoms with E-state index < -0.39 is 0 Å². The molecule has 1 atom stereocenters. The normalized spacial score (nSPS) is 12.8. The van der Waals surface area contributed by atoms with Crippen molar-refractivity contribution < 1.29 is 0 Å². The molecule has 0 aliphatic carbocycles. The number of hydrogen-bond donors (Lipinski definition) is 0. The average molecular weight is 191 g/mol. The SMILES string of the molecule is CCCCCC(C)c1cccc(C)n1. The molecule has 1 heteroatoms. The number of unbranched alkanes of at least 4 members (excludes halogenated alkanes) is 2. The highest BCUT2D eigenvalue weighted by atomic mass is 14.7. The van der Waals surface area contributed by atoms with E-state index in [4.69, 9.17) is 0 Å². The number of rotatable bonds is 5. The van der Waals surface area contributed by atoms with Gasteiger partial charge in [-0.3, -0.25) is 4.98 Å². The molecule has 0 aliphatic heterocycles.